The Morgan fingerprint density at radius 2 is 1.00 bits per heavy atom. The van der Waals surface area contributed by atoms with E-state index in [1.165, 1.54) is 0 Å². The molecule has 1 nitrogen and oxygen atoms in total. The van der Waals surface area contributed by atoms with E-state index in [1.54, 1.807) is 0 Å². The standard InChI is InChI=1S/C12H15N.HI/c1-7-10(4)13(11(5)8-2)12(6)9-3;/h1-3,10-12H,4-6H3;1H. The number of hydrogen-bond donors (Lipinski definition) is 0. The quantitative estimate of drug-likeness (QED) is 0.569. The summed E-state index contributed by atoms with van der Waals surface area (Å²) in [5, 5.41) is 0. The van der Waals surface area contributed by atoms with Gasteiger partial charge in [0, 0.05) is 0 Å². The molecule has 2 heteroatoms. The summed E-state index contributed by atoms with van der Waals surface area (Å²) >= 11 is 0. The lowest BCUT2D eigenvalue weighted by Crippen LogP contribution is -2.44. The van der Waals surface area contributed by atoms with Gasteiger partial charge in [-0.15, -0.1) is 43.2 Å². The van der Waals surface area contributed by atoms with Gasteiger partial charge in [-0.2, -0.15) is 0 Å². The van der Waals surface area contributed by atoms with Gasteiger partial charge in [-0.1, -0.05) is 17.8 Å². The largest absolute Gasteiger partial charge is 0.263 e. The van der Waals surface area contributed by atoms with Gasteiger partial charge in [-0.3, -0.25) is 4.90 Å². The van der Waals surface area contributed by atoms with Crippen LogP contribution < -0.4 is 0 Å². The molecule has 0 aliphatic carbocycles. The minimum Gasteiger partial charge on any atom is -0.263 e. The maximum Gasteiger partial charge on any atom is 0.0704 e. The van der Waals surface area contributed by atoms with Crippen LogP contribution in [0.5, 0.6) is 0 Å². The molecule has 0 rings (SSSR count). The van der Waals surface area contributed by atoms with E-state index < -0.39 is 0 Å². The summed E-state index contributed by atoms with van der Waals surface area (Å²) in [5.74, 6) is 7.89. The second-order valence-electron chi connectivity index (χ2n) is 2.98. The zero-order chi connectivity index (χ0) is 10.4. The molecule has 3 unspecified atom stereocenters. The predicted octanol–water partition coefficient (Wildman–Crippen LogP) is 1.97. The third-order valence-corrected chi connectivity index (χ3v) is 2.07. The first kappa shape index (κ1) is 15.8. The third-order valence-electron chi connectivity index (χ3n) is 2.07. The van der Waals surface area contributed by atoms with E-state index >= 15 is 0 Å². The van der Waals surface area contributed by atoms with Gasteiger partial charge < -0.3 is 0 Å². The van der Waals surface area contributed by atoms with Gasteiger partial charge in [0.1, 0.15) is 0 Å². The van der Waals surface area contributed by atoms with Crippen molar-refractivity contribution in [2.75, 3.05) is 0 Å². The third kappa shape index (κ3) is 4.05. The summed E-state index contributed by atoms with van der Waals surface area (Å²) in [4.78, 5) is 1.96. The summed E-state index contributed by atoms with van der Waals surface area (Å²) < 4.78 is 0. The molecule has 0 fully saturated rings. The molecule has 3 atom stereocenters. The van der Waals surface area contributed by atoms with Crippen LogP contribution in [0.15, 0.2) is 0 Å². The van der Waals surface area contributed by atoms with Crippen LogP contribution >= 0.6 is 24.0 Å². The van der Waals surface area contributed by atoms with Crippen molar-refractivity contribution < 1.29 is 0 Å². The lowest BCUT2D eigenvalue weighted by atomic mass is 10.1. The van der Waals surface area contributed by atoms with Crippen molar-refractivity contribution >= 4 is 24.0 Å². The van der Waals surface area contributed by atoms with Crippen molar-refractivity contribution in [3.05, 3.63) is 0 Å². The minimum absolute atomic E-state index is 0. The van der Waals surface area contributed by atoms with Gasteiger partial charge in [0.15, 0.2) is 0 Å². The average Bonchev–Trinajstić information content (AvgIpc) is 2.16. The van der Waals surface area contributed by atoms with Gasteiger partial charge in [0.05, 0.1) is 18.1 Å². The van der Waals surface area contributed by atoms with Crippen molar-refractivity contribution in [3.63, 3.8) is 0 Å². The van der Waals surface area contributed by atoms with Gasteiger partial charge in [0.25, 0.3) is 0 Å². The second kappa shape index (κ2) is 7.74. The molecule has 0 heterocycles. The lowest BCUT2D eigenvalue weighted by Gasteiger charge is -2.31. The number of terminal acetylenes is 3. The molecule has 76 valence electrons. The lowest BCUT2D eigenvalue weighted by molar-refractivity contribution is 0.196. The number of rotatable bonds is 3. The molecule has 14 heavy (non-hydrogen) atoms. The van der Waals surface area contributed by atoms with Crippen molar-refractivity contribution in [3.8, 4) is 37.0 Å². The van der Waals surface area contributed by atoms with Gasteiger partial charge >= 0.3 is 0 Å². The van der Waals surface area contributed by atoms with Crippen LogP contribution in [0.2, 0.25) is 0 Å². The smallest absolute Gasteiger partial charge is 0.0704 e. The van der Waals surface area contributed by atoms with Gasteiger partial charge in [0.2, 0.25) is 0 Å². The van der Waals surface area contributed by atoms with E-state index in [4.69, 9.17) is 19.3 Å². The summed E-state index contributed by atoms with van der Waals surface area (Å²) in [6, 6.07) is -0.0914. The van der Waals surface area contributed by atoms with E-state index in [0.29, 0.717) is 0 Å². The zero-order valence-electron chi connectivity index (χ0n) is 8.82. The van der Waals surface area contributed by atoms with E-state index in [1.807, 2.05) is 25.7 Å². The van der Waals surface area contributed by atoms with Crippen molar-refractivity contribution in [1.82, 2.24) is 4.90 Å². The molecule has 0 spiro atoms. The van der Waals surface area contributed by atoms with Crippen molar-refractivity contribution in [2.24, 2.45) is 0 Å². The molecular formula is C12H16IN. The fraction of sp³-hybridized carbons (Fsp3) is 0.500. The second-order valence-corrected chi connectivity index (χ2v) is 2.98. The fourth-order valence-corrected chi connectivity index (χ4v) is 1.26. The molecular weight excluding hydrogens is 285 g/mol. The molecule has 0 aliphatic heterocycles. The van der Waals surface area contributed by atoms with Gasteiger partial charge in [-0.25, -0.2) is 0 Å². The first-order valence-electron chi connectivity index (χ1n) is 4.24. The fourth-order valence-electron chi connectivity index (χ4n) is 1.26. The SMILES string of the molecule is C#CC(C)N(C(C)C#C)C(C)C#C.I. The summed E-state index contributed by atoms with van der Waals surface area (Å²) in [7, 11) is 0. The van der Waals surface area contributed by atoms with Crippen LogP contribution in [0.1, 0.15) is 20.8 Å². The van der Waals surface area contributed by atoms with Crippen LogP contribution in [0.25, 0.3) is 0 Å². The predicted molar refractivity (Wildman–Crippen MR) is 72.1 cm³/mol. The highest BCUT2D eigenvalue weighted by atomic mass is 127. The monoisotopic (exact) mass is 301 g/mol. The van der Waals surface area contributed by atoms with E-state index in [2.05, 4.69) is 17.8 Å². The Morgan fingerprint density at radius 3 is 1.14 bits per heavy atom. The Balaban J connectivity index is 0. The number of halogens is 1. The van der Waals surface area contributed by atoms with E-state index in [0.717, 1.165) is 0 Å². The molecule has 0 aromatic rings. The molecule has 0 N–H and O–H groups in total. The number of hydrogen-bond acceptors (Lipinski definition) is 1. The van der Waals surface area contributed by atoms with Crippen LogP contribution in [0.3, 0.4) is 0 Å². The molecule has 0 aromatic heterocycles. The normalized spacial score (nSPS) is 15.2. The molecule has 0 radical (unpaired) electrons. The number of nitrogens with zero attached hydrogens (tertiary/aromatic N) is 1. The Morgan fingerprint density at radius 1 is 0.786 bits per heavy atom. The minimum atomic E-state index is -0.0305. The van der Waals surface area contributed by atoms with E-state index in [-0.39, 0.29) is 42.1 Å². The Labute approximate surface area is 105 Å². The maximum absolute atomic E-state index is 5.33. The Kier molecular flexibility index (Phi) is 8.75. The van der Waals surface area contributed by atoms with Crippen molar-refractivity contribution in [2.45, 2.75) is 38.9 Å². The van der Waals surface area contributed by atoms with Gasteiger partial charge in [-0.05, 0) is 20.8 Å². The topological polar surface area (TPSA) is 3.24 Å². The zero-order valence-corrected chi connectivity index (χ0v) is 11.1. The first-order valence-corrected chi connectivity index (χ1v) is 4.24. The highest BCUT2D eigenvalue weighted by Gasteiger charge is 2.21. The average molecular weight is 301 g/mol. The molecule has 0 saturated carbocycles. The molecule has 0 bridgehead atoms. The summed E-state index contributed by atoms with van der Waals surface area (Å²) in [5.41, 5.74) is 0. The molecule has 0 aliphatic rings. The highest BCUT2D eigenvalue weighted by molar-refractivity contribution is 14.0. The summed E-state index contributed by atoms with van der Waals surface area (Å²) in [6.07, 6.45) is 16.0. The molecule has 0 saturated heterocycles. The highest BCUT2D eigenvalue weighted by Crippen LogP contribution is 2.09. The van der Waals surface area contributed by atoms with E-state index in [9.17, 15) is 0 Å². The van der Waals surface area contributed by atoms with Crippen LogP contribution in [0.4, 0.5) is 0 Å². The van der Waals surface area contributed by atoms with Crippen LogP contribution in [0, 0.1) is 37.0 Å². The van der Waals surface area contributed by atoms with Crippen LogP contribution in [-0.2, 0) is 0 Å². The molecule has 0 amide bonds. The van der Waals surface area contributed by atoms with Crippen LogP contribution in [-0.4, -0.2) is 23.0 Å². The summed E-state index contributed by atoms with van der Waals surface area (Å²) in [6.45, 7) is 5.76. The Hall–Kier alpha value is -0.630. The Bertz CT molecular complexity index is 229. The maximum atomic E-state index is 5.33. The molecule has 0 aromatic carbocycles. The van der Waals surface area contributed by atoms with Crippen molar-refractivity contribution in [1.29, 1.82) is 0 Å². The first-order chi connectivity index (χ1) is 6.08.